The highest BCUT2D eigenvalue weighted by molar-refractivity contribution is 8.18. The van der Waals surface area contributed by atoms with Crippen LogP contribution in [0.2, 0.25) is 0 Å². The fourth-order valence-electron chi connectivity index (χ4n) is 2.66. The van der Waals surface area contributed by atoms with Crippen molar-refractivity contribution in [3.63, 3.8) is 0 Å². The molecule has 0 aromatic heterocycles. The first kappa shape index (κ1) is 19.6. The quantitative estimate of drug-likeness (QED) is 0.401. The molecule has 1 fully saturated rings. The highest BCUT2D eigenvalue weighted by Crippen LogP contribution is 2.33. The second-order valence-corrected chi connectivity index (χ2v) is 7.42. The van der Waals surface area contributed by atoms with Gasteiger partial charge in [-0.25, -0.2) is 0 Å². The number of ether oxygens (including phenoxy) is 1. The second-order valence-electron chi connectivity index (χ2n) is 6.43. The SMILES string of the molecule is CC(C)N1C(=O)S/C(=C/c2ccc(OCc3cccc([N+](=O)[O-])c3)cc2)C1=O. The number of carbonyl (C=O) groups excluding carboxylic acids is 2. The number of carbonyl (C=O) groups is 2. The molecule has 1 aliphatic heterocycles. The maximum absolute atomic E-state index is 12.3. The summed E-state index contributed by atoms with van der Waals surface area (Å²) in [5.74, 6) is 0.315. The molecule has 2 amide bonds. The van der Waals surface area contributed by atoms with Crippen LogP contribution in [0.4, 0.5) is 10.5 Å². The number of hydrogen-bond acceptors (Lipinski definition) is 6. The van der Waals surface area contributed by atoms with Crippen LogP contribution in [0.3, 0.4) is 0 Å². The van der Waals surface area contributed by atoms with Crippen LogP contribution >= 0.6 is 11.8 Å². The van der Waals surface area contributed by atoms with E-state index in [4.69, 9.17) is 4.74 Å². The van der Waals surface area contributed by atoms with Gasteiger partial charge in [-0.3, -0.25) is 24.6 Å². The first-order valence-electron chi connectivity index (χ1n) is 8.58. The van der Waals surface area contributed by atoms with Crippen LogP contribution in [-0.4, -0.2) is 27.0 Å². The second kappa shape index (κ2) is 8.26. The predicted molar refractivity (Wildman–Crippen MR) is 107 cm³/mol. The molecule has 28 heavy (non-hydrogen) atoms. The Morgan fingerprint density at radius 1 is 1.18 bits per heavy atom. The van der Waals surface area contributed by atoms with Gasteiger partial charge in [0.25, 0.3) is 16.8 Å². The third-order valence-corrected chi connectivity index (χ3v) is 4.93. The van der Waals surface area contributed by atoms with Crippen LogP contribution in [-0.2, 0) is 11.4 Å². The Hall–Kier alpha value is -3.13. The summed E-state index contributed by atoms with van der Waals surface area (Å²) in [6.07, 6.45) is 1.68. The van der Waals surface area contributed by atoms with Crippen LogP contribution in [0.25, 0.3) is 6.08 Å². The van der Waals surface area contributed by atoms with Crippen LogP contribution < -0.4 is 4.74 Å². The van der Waals surface area contributed by atoms with Crippen molar-refractivity contribution in [2.75, 3.05) is 0 Å². The van der Waals surface area contributed by atoms with E-state index >= 15 is 0 Å². The summed E-state index contributed by atoms with van der Waals surface area (Å²) in [4.78, 5) is 36.2. The summed E-state index contributed by atoms with van der Waals surface area (Å²) in [5, 5.41) is 10.6. The Bertz CT molecular complexity index is 953. The van der Waals surface area contributed by atoms with Gasteiger partial charge in [-0.05, 0) is 54.9 Å². The highest BCUT2D eigenvalue weighted by Gasteiger charge is 2.36. The first-order valence-corrected chi connectivity index (χ1v) is 9.40. The van der Waals surface area contributed by atoms with Crippen LogP contribution in [0.5, 0.6) is 5.75 Å². The molecular weight excluding hydrogens is 380 g/mol. The molecule has 0 bridgehead atoms. The van der Waals surface area contributed by atoms with Crippen molar-refractivity contribution in [3.8, 4) is 5.75 Å². The summed E-state index contributed by atoms with van der Waals surface area (Å²) in [7, 11) is 0. The third kappa shape index (κ3) is 4.40. The molecule has 1 aliphatic rings. The molecule has 0 radical (unpaired) electrons. The van der Waals surface area contributed by atoms with E-state index in [1.807, 2.05) is 0 Å². The molecule has 144 valence electrons. The molecule has 1 saturated heterocycles. The number of nitro groups is 1. The van der Waals surface area contributed by atoms with Gasteiger partial charge in [0.2, 0.25) is 0 Å². The standard InChI is InChI=1S/C20H18N2O5S/c1-13(2)21-19(23)18(28-20(21)24)11-14-6-8-17(9-7-14)27-12-15-4-3-5-16(10-15)22(25)26/h3-11,13H,12H2,1-2H3/b18-11+. The van der Waals surface area contributed by atoms with Gasteiger partial charge in [0, 0.05) is 18.2 Å². The lowest BCUT2D eigenvalue weighted by atomic mass is 10.2. The number of imide groups is 1. The summed E-state index contributed by atoms with van der Waals surface area (Å²) in [6.45, 7) is 3.80. The number of rotatable bonds is 6. The van der Waals surface area contributed by atoms with Gasteiger partial charge in [-0.2, -0.15) is 0 Å². The minimum atomic E-state index is -0.445. The summed E-state index contributed by atoms with van der Waals surface area (Å²) >= 11 is 0.933. The summed E-state index contributed by atoms with van der Waals surface area (Å²) in [6, 6.07) is 13.2. The van der Waals surface area contributed by atoms with Crippen molar-refractivity contribution >= 4 is 34.7 Å². The zero-order chi connectivity index (χ0) is 20.3. The average molecular weight is 398 g/mol. The molecule has 0 spiro atoms. The Kier molecular flexibility index (Phi) is 5.79. The van der Waals surface area contributed by atoms with Crippen molar-refractivity contribution in [3.05, 3.63) is 74.7 Å². The number of nitro benzene ring substituents is 1. The van der Waals surface area contributed by atoms with Crippen molar-refractivity contribution < 1.29 is 19.2 Å². The van der Waals surface area contributed by atoms with E-state index in [1.54, 1.807) is 56.3 Å². The van der Waals surface area contributed by atoms with Crippen molar-refractivity contribution in [1.82, 2.24) is 4.90 Å². The minimum Gasteiger partial charge on any atom is -0.489 e. The van der Waals surface area contributed by atoms with E-state index in [0.29, 0.717) is 16.2 Å². The molecule has 2 aromatic carbocycles. The fraction of sp³-hybridized carbons (Fsp3) is 0.200. The molecule has 1 heterocycles. The van der Waals surface area contributed by atoms with Crippen LogP contribution in [0.1, 0.15) is 25.0 Å². The van der Waals surface area contributed by atoms with Gasteiger partial charge >= 0.3 is 0 Å². The Balaban J connectivity index is 1.66. The molecule has 0 unspecified atom stereocenters. The largest absolute Gasteiger partial charge is 0.489 e. The van der Waals surface area contributed by atoms with E-state index in [0.717, 1.165) is 17.3 Å². The Labute approximate surface area is 166 Å². The van der Waals surface area contributed by atoms with Gasteiger partial charge in [-0.1, -0.05) is 24.3 Å². The normalized spacial score (nSPS) is 15.5. The minimum absolute atomic E-state index is 0.0202. The molecular formula is C20H18N2O5S. The first-order chi connectivity index (χ1) is 13.3. The lowest BCUT2D eigenvalue weighted by Crippen LogP contribution is -2.34. The van der Waals surface area contributed by atoms with Crippen molar-refractivity contribution in [2.24, 2.45) is 0 Å². The van der Waals surface area contributed by atoms with E-state index in [1.165, 1.54) is 17.0 Å². The highest BCUT2D eigenvalue weighted by atomic mass is 32.2. The van der Waals surface area contributed by atoms with Gasteiger partial charge in [0.05, 0.1) is 9.83 Å². The molecule has 0 aliphatic carbocycles. The number of amides is 2. The van der Waals surface area contributed by atoms with Gasteiger partial charge in [-0.15, -0.1) is 0 Å². The molecule has 3 rings (SSSR count). The number of hydrogen-bond donors (Lipinski definition) is 0. The Morgan fingerprint density at radius 3 is 2.50 bits per heavy atom. The van der Waals surface area contributed by atoms with Crippen LogP contribution in [0, 0.1) is 10.1 Å². The maximum Gasteiger partial charge on any atom is 0.293 e. The zero-order valence-corrected chi connectivity index (χ0v) is 16.1. The molecule has 0 N–H and O–H groups in total. The molecule has 0 saturated carbocycles. The number of benzene rings is 2. The third-order valence-electron chi connectivity index (χ3n) is 4.04. The van der Waals surface area contributed by atoms with E-state index in [-0.39, 0.29) is 29.5 Å². The number of thioether (sulfide) groups is 1. The van der Waals surface area contributed by atoms with Gasteiger partial charge in [0.1, 0.15) is 12.4 Å². The predicted octanol–water partition coefficient (Wildman–Crippen LogP) is 4.62. The van der Waals surface area contributed by atoms with E-state index < -0.39 is 4.92 Å². The topological polar surface area (TPSA) is 89.8 Å². The smallest absolute Gasteiger partial charge is 0.293 e. The average Bonchev–Trinajstić information content (AvgIpc) is 2.94. The van der Waals surface area contributed by atoms with Crippen LogP contribution in [0.15, 0.2) is 53.4 Å². The molecule has 0 atom stereocenters. The van der Waals surface area contributed by atoms with Crippen molar-refractivity contribution in [2.45, 2.75) is 26.5 Å². The monoisotopic (exact) mass is 398 g/mol. The van der Waals surface area contributed by atoms with Crippen molar-refractivity contribution in [1.29, 1.82) is 0 Å². The van der Waals surface area contributed by atoms with E-state index in [9.17, 15) is 19.7 Å². The van der Waals surface area contributed by atoms with Gasteiger partial charge < -0.3 is 4.74 Å². The summed E-state index contributed by atoms with van der Waals surface area (Å²) in [5.41, 5.74) is 1.49. The molecule has 8 heteroatoms. The number of nitrogens with zero attached hydrogens (tertiary/aromatic N) is 2. The number of non-ortho nitro benzene ring substituents is 1. The lowest BCUT2D eigenvalue weighted by molar-refractivity contribution is -0.384. The fourth-order valence-corrected chi connectivity index (χ4v) is 3.62. The molecule has 2 aromatic rings. The zero-order valence-electron chi connectivity index (χ0n) is 15.3. The van der Waals surface area contributed by atoms with Gasteiger partial charge in [0.15, 0.2) is 0 Å². The molecule has 7 nitrogen and oxygen atoms in total. The lowest BCUT2D eigenvalue weighted by Gasteiger charge is -2.16. The van der Waals surface area contributed by atoms with E-state index in [2.05, 4.69) is 0 Å². The summed E-state index contributed by atoms with van der Waals surface area (Å²) < 4.78 is 5.66. The Morgan fingerprint density at radius 2 is 1.89 bits per heavy atom. The maximum atomic E-state index is 12.3.